The number of nitrogens with one attached hydrogen (secondary N) is 1. The number of benzene rings is 1. The number of para-hydroxylation sites is 1. The maximum atomic E-state index is 12.5. The summed E-state index contributed by atoms with van der Waals surface area (Å²) in [7, 11) is 0. The van der Waals surface area contributed by atoms with Crippen LogP contribution < -0.4 is 14.8 Å². The fraction of sp³-hybridized carbons (Fsp3) is 0.692. The van der Waals surface area contributed by atoms with E-state index in [9.17, 15) is 9.59 Å². The second kappa shape index (κ2) is 7.96. The summed E-state index contributed by atoms with van der Waals surface area (Å²) in [5.41, 5.74) is 1.02. The molecule has 1 aromatic rings. The summed E-state index contributed by atoms with van der Waals surface area (Å²) in [6.07, 6.45) is 8.63. The molecule has 6 rings (SSSR count). The van der Waals surface area contributed by atoms with E-state index in [4.69, 9.17) is 14.2 Å². The number of ether oxygens (including phenoxy) is 3. The van der Waals surface area contributed by atoms with Crippen LogP contribution in [-0.2, 0) is 20.7 Å². The predicted molar refractivity (Wildman–Crippen MR) is 120 cm³/mol. The quantitative estimate of drug-likeness (QED) is 0.647. The maximum Gasteiger partial charge on any atom is 0.344 e. The summed E-state index contributed by atoms with van der Waals surface area (Å²) >= 11 is 0. The molecule has 6 heteroatoms. The van der Waals surface area contributed by atoms with Gasteiger partial charge in [-0.15, -0.1) is 0 Å². The average Bonchev–Trinajstić information content (AvgIpc) is 3.04. The highest BCUT2D eigenvalue weighted by molar-refractivity contribution is 5.81. The molecule has 1 aliphatic heterocycles. The van der Waals surface area contributed by atoms with Crippen LogP contribution in [0.25, 0.3) is 0 Å². The molecule has 1 amide bonds. The first-order valence-corrected chi connectivity index (χ1v) is 12.1. The first-order chi connectivity index (χ1) is 15.2. The monoisotopic (exact) mass is 441 g/mol. The maximum absolute atomic E-state index is 12.5. The minimum atomic E-state index is -0.558. The molecule has 4 fully saturated rings. The van der Waals surface area contributed by atoms with Crippen LogP contribution in [0, 0.1) is 23.2 Å². The van der Waals surface area contributed by atoms with Gasteiger partial charge < -0.3 is 19.5 Å². The Morgan fingerprint density at radius 1 is 1.09 bits per heavy atom. The van der Waals surface area contributed by atoms with Crippen LogP contribution in [0.15, 0.2) is 18.2 Å². The molecule has 4 bridgehead atoms. The summed E-state index contributed by atoms with van der Waals surface area (Å²) in [4.78, 5) is 24.7. The predicted octanol–water partition coefficient (Wildman–Crippen LogP) is 4.04. The third-order valence-electron chi connectivity index (χ3n) is 8.15. The molecule has 1 N–H and O–H groups in total. The van der Waals surface area contributed by atoms with Crippen molar-refractivity contribution >= 4 is 11.9 Å². The zero-order valence-electron chi connectivity index (χ0n) is 19.4. The molecule has 1 aromatic carbocycles. The van der Waals surface area contributed by atoms with Gasteiger partial charge in [-0.25, -0.2) is 4.79 Å². The van der Waals surface area contributed by atoms with Crippen molar-refractivity contribution < 1.29 is 23.8 Å². The number of rotatable bonds is 7. The van der Waals surface area contributed by atoms with E-state index in [1.807, 2.05) is 26.0 Å². The zero-order valence-corrected chi connectivity index (χ0v) is 19.4. The summed E-state index contributed by atoms with van der Waals surface area (Å²) in [5.74, 6) is 2.95. The van der Waals surface area contributed by atoms with Gasteiger partial charge in [-0.3, -0.25) is 4.79 Å². The lowest BCUT2D eigenvalue weighted by Crippen LogP contribution is -2.56. The summed E-state index contributed by atoms with van der Waals surface area (Å²) in [5, 5.41) is 3.13. The molecule has 32 heavy (non-hydrogen) atoms. The lowest BCUT2D eigenvalue weighted by molar-refractivity contribution is -0.151. The van der Waals surface area contributed by atoms with Crippen molar-refractivity contribution in [2.24, 2.45) is 23.2 Å². The van der Waals surface area contributed by atoms with Crippen molar-refractivity contribution in [2.45, 2.75) is 77.4 Å². The lowest BCUT2D eigenvalue weighted by Gasteiger charge is -2.59. The van der Waals surface area contributed by atoms with Crippen LogP contribution in [0.1, 0.15) is 64.9 Å². The number of fused-ring (bicyclic) bond motifs is 1. The molecule has 4 aliphatic carbocycles. The van der Waals surface area contributed by atoms with Crippen molar-refractivity contribution in [2.75, 3.05) is 13.2 Å². The van der Waals surface area contributed by atoms with E-state index >= 15 is 0 Å². The molecule has 0 radical (unpaired) electrons. The molecule has 0 aromatic heterocycles. The van der Waals surface area contributed by atoms with E-state index in [1.165, 1.54) is 38.5 Å². The molecule has 1 atom stereocenters. The van der Waals surface area contributed by atoms with Crippen LogP contribution >= 0.6 is 0 Å². The molecule has 5 aliphatic rings. The minimum Gasteiger partial charge on any atom is -0.483 e. The minimum absolute atomic E-state index is 0.116. The van der Waals surface area contributed by atoms with Crippen LogP contribution in [0.5, 0.6) is 11.5 Å². The second-order valence-electron chi connectivity index (χ2n) is 11.3. The van der Waals surface area contributed by atoms with Gasteiger partial charge >= 0.3 is 5.97 Å². The van der Waals surface area contributed by atoms with E-state index in [0.29, 0.717) is 11.5 Å². The largest absolute Gasteiger partial charge is 0.483 e. The van der Waals surface area contributed by atoms with Gasteiger partial charge in [0, 0.05) is 18.0 Å². The van der Waals surface area contributed by atoms with Crippen molar-refractivity contribution in [1.82, 2.24) is 5.32 Å². The Kier molecular flexibility index (Phi) is 5.37. The van der Waals surface area contributed by atoms with Crippen molar-refractivity contribution in [1.29, 1.82) is 0 Å². The third kappa shape index (κ3) is 4.20. The standard InChI is InChI=1S/C26H35NO5/c1-16(26-10-17-7-18(11-26)9-19(8-17)12-26)27-22(28)14-31-23(29)15-30-21-6-4-5-20-13-25(2,3)32-24(20)21/h4-6,16-19H,7-15H2,1-3H3,(H,27,28)/t16-,17?,18?,19?,26?/m1/s1. The van der Waals surface area contributed by atoms with E-state index in [-0.39, 0.29) is 36.2 Å². The molecule has 0 spiro atoms. The summed E-state index contributed by atoms with van der Waals surface area (Å²) < 4.78 is 16.8. The van der Waals surface area contributed by atoms with Crippen LogP contribution in [0.4, 0.5) is 0 Å². The van der Waals surface area contributed by atoms with Crippen LogP contribution in [-0.4, -0.2) is 36.7 Å². The van der Waals surface area contributed by atoms with E-state index in [0.717, 1.165) is 29.7 Å². The second-order valence-corrected chi connectivity index (χ2v) is 11.3. The van der Waals surface area contributed by atoms with Crippen LogP contribution in [0.3, 0.4) is 0 Å². The summed E-state index contributed by atoms with van der Waals surface area (Å²) in [6.45, 7) is 5.66. The lowest BCUT2D eigenvalue weighted by atomic mass is 9.48. The molecular weight excluding hydrogens is 406 g/mol. The Hall–Kier alpha value is -2.24. The Labute approximate surface area is 190 Å². The summed E-state index contributed by atoms with van der Waals surface area (Å²) in [6, 6.07) is 5.80. The van der Waals surface area contributed by atoms with E-state index < -0.39 is 5.97 Å². The molecule has 1 heterocycles. The van der Waals surface area contributed by atoms with Gasteiger partial charge in [0.05, 0.1) is 0 Å². The van der Waals surface area contributed by atoms with Crippen molar-refractivity contribution in [3.63, 3.8) is 0 Å². The Morgan fingerprint density at radius 2 is 1.75 bits per heavy atom. The number of hydrogen-bond donors (Lipinski definition) is 1. The molecule has 6 nitrogen and oxygen atoms in total. The van der Waals surface area contributed by atoms with Gasteiger partial charge in [0.1, 0.15) is 5.60 Å². The van der Waals surface area contributed by atoms with Gasteiger partial charge in [-0.1, -0.05) is 12.1 Å². The zero-order chi connectivity index (χ0) is 22.5. The number of hydrogen-bond acceptors (Lipinski definition) is 5. The van der Waals surface area contributed by atoms with Gasteiger partial charge in [0.2, 0.25) is 0 Å². The third-order valence-corrected chi connectivity index (χ3v) is 8.15. The topological polar surface area (TPSA) is 73.9 Å². The smallest absolute Gasteiger partial charge is 0.344 e. The fourth-order valence-corrected chi connectivity index (χ4v) is 7.17. The number of carbonyl (C=O) groups excluding carboxylic acids is 2. The molecule has 4 saturated carbocycles. The van der Waals surface area contributed by atoms with Crippen LogP contribution in [0.2, 0.25) is 0 Å². The first kappa shape index (κ1) is 21.6. The first-order valence-electron chi connectivity index (χ1n) is 12.1. The van der Waals surface area contributed by atoms with E-state index in [1.54, 1.807) is 6.07 Å². The van der Waals surface area contributed by atoms with Gasteiger partial charge in [-0.05, 0) is 88.5 Å². The molecular formula is C26H35NO5. The Balaban J connectivity index is 1.09. The normalized spacial score (nSPS) is 32.0. The van der Waals surface area contributed by atoms with E-state index in [2.05, 4.69) is 12.2 Å². The Morgan fingerprint density at radius 3 is 2.41 bits per heavy atom. The molecule has 0 saturated heterocycles. The number of amides is 1. The highest BCUT2D eigenvalue weighted by Gasteiger charge is 2.53. The van der Waals surface area contributed by atoms with Gasteiger partial charge in [-0.2, -0.15) is 0 Å². The molecule has 174 valence electrons. The fourth-order valence-electron chi connectivity index (χ4n) is 7.17. The number of esters is 1. The van der Waals surface area contributed by atoms with Crippen molar-refractivity contribution in [3.8, 4) is 11.5 Å². The number of carbonyl (C=O) groups is 2. The SMILES string of the molecule is C[C@@H](NC(=O)COC(=O)COc1cccc2c1OC(C)(C)C2)C12CC3CC(CC(C3)C1)C2. The van der Waals surface area contributed by atoms with Gasteiger partial charge in [0.25, 0.3) is 5.91 Å². The highest BCUT2D eigenvalue weighted by Crippen LogP contribution is 2.61. The van der Waals surface area contributed by atoms with Gasteiger partial charge in [0.15, 0.2) is 24.7 Å². The highest BCUT2D eigenvalue weighted by atomic mass is 16.6. The average molecular weight is 442 g/mol. The molecule has 0 unspecified atom stereocenters. The Bertz CT molecular complexity index is 872. The van der Waals surface area contributed by atoms with Crippen molar-refractivity contribution in [3.05, 3.63) is 23.8 Å².